The maximum atomic E-state index is 5.19. The first-order valence-corrected chi connectivity index (χ1v) is 7.99. The molecule has 1 fully saturated rings. The third kappa shape index (κ3) is 4.04. The average molecular weight is 297 g/mol. The van der Waals surface area contributed by atoms with Crippen molar-refractivity contribution in [3.8, 4) is 5.75 Å². The van der Waals surface area contributed by atoms with E-state index in [2.05, 4.69) is 22.4 Å². The number of rotatable bonds is 6. The maximum Gasteiger partial charge on any atom is 0.118 e. The van der Waals surface area contributed by atoms with Crippen molar-refractivity contribution in [3.05, 3.63) is 53.6 Å². The highest BCUT2D eigenvalue weighted by Crippen LogP contribution is 2.15. The van der Waals surface area contributed by atoms with Gasteiger partial charge in [0.25, 0.3) is 0 Å². The second-order valence-corrected chi connectivity index (χ2v) is 5.86. The normalized spacial score (nSPS) is 17.6. The SMILES string of the molecule is COc1ccc(Cc2cncc(CC[C@@H]3CCCN3)n2)cc1. The van der Waals surface area contributed by atoms with Crippen LogP contribution >= 0.6 is 0 Å². The molecule has 0 radical (unpaired) electrons. The summed E-state index contributed by atoms with van der Waals surface area (Å²) in [6.45, 7) is 1.16. The Morgan fingerprint density at radius 3 is 2.73 bits per heavy atom. The van der Waals surface area contributed by atoms with E-state index in [1.54, 1.807) is 7.11 Å². The van der Waals surface area contributed by atoms with Gasteiger partial charge in [-0.25, -0.2) is 0 Å². The first-order chi connectivity index (χ1) is 10.8. The van der Waals surface area contributed by atoms with E-state index in [0.29, 0.717) is 6.04 Å². The van der Waals surface area contributed by atoms with Crippen LogP contribution in [0.25, 0.3) is 0 Å². The van der Waals surface area contributed by atoms with E-state index in [1.165, 1.54) is 18.4 Å². The fourth-order valence-electron chi connectivity index (χ4n) is 2.93. The molecule has 116 valence electrons. The third-order valence-corrected chi connectivity index (χ3v) is 4.19. The van der Waals surface area contributed by atoms with Crippen LogP contribution in [0.1, 0.15) is 36.2 Å². The Bertz CT molecular complexity index is 592. The number of aryl methyl sites for hydroxylation is 1. The molecule has 1 aliphatic heterocycles. The first-order valence-electron chi connectivity index (χ1n) is 7.99. The van der Waals surface area contributed by atoms with E-state index in [-0.39, 0.29) is 0 Å². The lowest BCUT2D eigenvalue weighted by molar-refractivity contribution is 0.414. The van der Waals surface area contributed by atoms with Crippen molar-refractivity contribution in [1.29, 1.82) is 0 Å². The van der Waals surface area contributed by atoms with E-state index >= 15 is 0 Å². The fourth-order valence-corrected chi connectivity index (χ4v) is 2.93. The smallest absolute Gasteiger partial charge is 0.118 e. The van der Waals surface area contributed by atoms with Gasteiger partial charge in [-0.05, 0) is 49.9 Å². The van der Waals surface area contributed by atoms with E-state index < -0.39 is 0 Å². The Morgan fingerprint density at radius 2 is 2.00 bits per heavy atom. The van der Waals surface area contributed by atoms with Gasteiger partial charge in [0, 0.05) is 24.9 Å². The van der Waals surface area contributed by atoms with Crippen LogP contribution in [0.4, 0.5) is 0 Å². The summed E-state index contributed by atoms with van der Waals surface area (Å²) in [5.74, 6) is 0.882. The number of hydrogen-bond donors (Lipinski definition) is 1. The topological polar surface area (TPSA) is 47.0 Å². The Labute approximate surface area is 132 Å². The molecule has 0 unspecified atom stereocenters. The number of benzene rings is 1. The summed E-state index contributed by atoms with van der Waals surface area (Å²) in [7, 11) is 1.68. The molecule has 1 aromatic heterocycles. The first kappa shape index (κ1) is 15.0. The Balaban J connectivity index is 1.59. The Morgan fingerprint density at radius 1 is 1.18 bits per heavy atom. The lowest BCUT2D eigenvalue weighted by Crippen LogP contribution is -2.21. The predicted octanol–water partition coefficient (Wildman–Crippen LogP) is 2.76. The summed E-state index contributed by atoms with van der Waals surface area (Å²) in [4.78, 5) is 9.10. The predicted molar refractivity (Wildman–Crippen MR) is 87.2 cm³/mol. The zero-order valence-corrected chi connectivity index (χ0v) is 13.1. The number of nitrogens with one attached hydrogen (secondary N) is 1. The molecular formula is C18H23N3O. The second kappa shape index (κ2) is 7.36. The van der Waals surface area contributed by atoms with Crippen LogP contribution < -0.4 is 10.1 Å². The zero-order chi connectivity index (χ0) is 15.2. The largest absolute Gasteiger partial charge is 0.497 e. The maximum absolute atomic E-state index is 5.19. The van der Waals surface area contributed by atoms with E-state index in [9.17, 15) is 0 Å². The third-order valence-electron chi connectivity index (χ3n) is 4.19. The minimum atomic E-state index is 0.659. The molecule has 0 spiro atoms. The number of nitrogens with zero attached hydrogens (tertiary/aromatic N) is 2. The van der Waals surface area contributed by atoms with Crippen molar-refractivity contribution in [2.75, 3.05) is 13.7 Å². The molecule has 0 saturated carbocycles. The Kier molecular flexibility index (Phi) is 5.01. The average Bonchev–Trinajstić information content (AvgIpc) is 3.08. The quantitative estimate of drug-likeness (QED) is 0.890. The number of hydrogen-bond acceptors (Lipinski definition) is 4. The van der Waals surface area contributed by atoms with Crippen molar-refractivity contribution >= 4 is 0 Å². The summed E-state index contributed by atoms with van der Waals surface area (Å²) in [5, 5.41) is 3.53. The van der Waals surface area contributed by atoms with Gasteiger partial charge >= 0.3 is 0 Å². The zero-order valence-electron chi connectivity index (χ0n) is 13.1. The summed E-state index contributed by atoms with van der Waals surface area (Å²) in [6, 6.07) is 8.79. The van der Waals surface area contributed by atoms with Crippen molar-refractivity contribution in [2.24, 2.45) is 0 Å². The lowest BCUT2D eigenvalue weighted by atomic mass is 10.1. The summed E-state index contributed by atoms with van der Waals surface area (Å²) in [6.07, 6.45) is 9.31. The molecule has 0 bridgehead atoms. The van der Waals surface area contributed by atoms with E-state index in [0.717, 1.165) is 42.9 Å². The van der Waals surface area contributed by atoms with E-state index in [1.807, 2.05) is 24.5 Å². The highest BCUT2D eigenvalue weighted by atomic mass is 16.5. The Hall–Kier alpha value is -1.94. The van der Waals surface area contributed by atoms with Gasteiger partial charge < -0.3 is 10.1 Å². The standard InChI is InChI=1S/C18H23N3O/c1-22-18-8-4-14(5-9-18)11-17-13-19-12-16(21-17)7-6-15-3-2-10-20-15/h4-5,8-9,12-13,15,20H,2-3,6-7,10-11H2,1H3/t15-/m0/s1. The summed E-state index contributed by atoms with van der Waals surface area (Å²) < 4.78 is 5.19. The molecule has 1 saturated heterocycles. The van der Waals surface area contributed by atoms with Gasteiger partial charge in [-0.15, -0.1) is 0 Å². The fraction of sp³-hybridized carbons (Fsp3) is 0.444. The van der Waals surface area contributed by atoms with Crippen LogP contribution in [-0.2, 0) is 12.8 Å². The van der Waals surface area contributed by atoms with Crippen molar-refractivity contribution in [3.63, 3.8) is 0 Å². The van der Waals surface area contributed by atoms with Crippen LogP contribution in [0.2, 0.25) is 0 Å². The minimum Gasteiger partial charge on any atom is -0.497 e. The van der Waals surface area contributed by atoms with Gasteiger partial charge in [0.15, 0.2) is 0 Å². The van der Waals surface area contributed by atoms with Gasteiger partial charge in [0.2, 0.25) is 0 Å². The van der Waals surface area contributed by atoms with Crippen LogP contribution in [0.3, 0.4) is 0 Å². The molecule has 1 aromatic carbocycles. The molecule has 0 amide bonds. The number of methoxy groups -OCH3 is 1. The summed E-state index contributed by atoms with van der Waals surface area (Å²) in [5.41, 5.74) is 3.35. The van der Waals surface area contributed by atoms with Crippen LogP contribution in [0, 0.1) is 0 Å². The molecule has 4 heteroatoms. The van der Waals surface area contributed by atoms with Crippen molar-refractivity contribution in [1.82, 2.24) is 15.3 Å². The number of ether oxygens (including phenoxy) is 1. The van der Waals surface area contributed by atoms with Gasteiger partial charge in [-0.3, -0.25) is 9.97 Å². The highest BCUT2D eigenvalue weighted by molar-refractivity contribution is 5.29. The molecule has 0 aliphatic carbocycles. The highest BCUT2D eigenvalue weighted by Gasteiger charge is 2.14. The molecule has 22 heavy (non-hydrogen) atoms. The molecule has 2 aromatic rings. The molecule has 4 nitrogen and oxygen atoms in total. The molecular weight excluding hydrogens is 274 g/mol. The van der Waals surface area contributed by atoms with Crippen LogP contribution in [-0.4, -0.2) is 29.7 Å². The molecule has 1 aliphatic rings. The van der Waals surface area contributed by atoms with Crippen molar-refractivity contribution < 1.29 is 4.74 Å². The van der Waals surface area contributed by atoms with Gasteiger partial charge in [0.05, 0.1) is 18.5 Å². The number of aromatic nitrogens is 2. The van der Waals surface area contributed by atoms with Crippen LogP contribution in [0.15, 0.2) is 36.7 Å². The lowest BCUT2D eigenvalue weighted by Gasteiger charge is -2.09. The second-order valence-electron chi connectivity index (χ2n) is 5.86. The molecule has 3 rings (SSSR count). The van der Waals surface area contributed by atoms with Gasteiger partial charge in [-0.2, -0.15) is 0 Å². The summed E-state index contributed by atoms with van der Waals surface area (Å²) >= 11 is 0. The molecule has 1 N–H and O–H groups in total. The van der Waals surface area contributed by atoms with Gasteiger partial charge in [-0.1, -0.05) is 12.1 Å². The molecule has 2 heterocycles. The van der Waals surface area contributed by atoms with Crippen molar-refractivity contribution in [2.45, 2.75) is 38.1 Å². The monoisotopic (exact) mass is 297 g/mol. The van der Waals surface area contributed by atoms with Crippen LogP contribution in [0.5, 0.6) is 5.75 Å². The minimum absolute atomic E-state index is 0.659. The molecule has 1 atom stereocenters. The van der Waals surface area contributed by atoms with E-state index in [4.69, 9.17) is 9.72 Å². The van der Waals surface area contributed by atoms with Gasteiger partial charge in [0.1, 0.15) is 5.75 Å².